The first-order valence-electron chi connectivity index (χ1n) is 5.12. The maximum absolute atomic E-state index is 11.4. The minimum Gasteiger partial charge on any atom is -0.393 e. The van der Waals surface area contributed by atoms with Gasteiger partial charge < -0.3 is 10.4 Å². The Morgan fingerprint density at radius 3 is 2.31 bits per heavy atom. The second-order valence-corrected chi connectivity index (χ2v) is 4.37. The zero-order valence-electron chi connectivity index (χ0n) is 7.99. The Hall–Kier alpha value is -0.570. The molecule has 0 saturated heterocycles. The van der Waals surface area contributed by atoms with Gasteiger partial charge in [-0.25, -0.2) is 0 Å². The zero-order valence-corrected chi connectivity index (χ0v) is 7.99. The van der Waals surface area contributed by atoms with Crippen LogP contribution in [-0.4, -0.2) is 24.2 Å². The van der Waals surface area contributed by atoms with Crippen molar-refractivity contribution in [1.29, 1.82) is 0 Å². The fourth-order valence-electron chi connectivity index (χ4n) is 2.91. The fourth-order valence-corrected chi connectivity index (χ4v) is 2.91. The van der Waals surface area contributed by atoms with Crippen LogP contribution in [0.25, 0.3) is 0 Å². The van der Waals surface area contributed by atoms with Gasteiger partial charge in [-0.3, -0.25) is 4.79 Å². The summed E-state index contributed by atoms with van der Waals surface area (Å²) in [5.74, 6) is 1.09. The molecule has 3 heteroatoms. The summed E-state index contributed by atoms with van der Waals surface area (Å²) in [6.45, 7) is 0. The molecule has 2 bridgehead atoms. The van der Waals surface area contributed by atoms with Crippen LogP contribution in [-0.2, 0) is 4.79 Å². The largest absolute Gasteiger partial charge is 0.393 e. The van der Waals surface area contributed by atoms with Crippen molar-refractivity contribution in [2.24, 2.45) is 17.8 Å². The molecule has 2 rings (SSSR count). The van der Waals surface area contributed by atoms with Crippen LogP contribution in [0.4, 0.5) is 0 Å². The topological polar surface area (TPSA) is 49.3 Å². The lowest BCUT2D eigenvalue weighted by Crippen LogP contribution is -2.37. The van der Waals surface area contributed by atoms with Gasteiger partial charge in [0, 0.05) is 13.0 Å². The SMILES string of the molecule is CNC(=O)C1C[C@H]2CC[C@@H](C1)C2O. The van der Waals surface area contributed by atoms with Crippen LogP contribution in [0.5, 0.6) is 0 Å². The molecular formula is C10H17NO2. The van der Waals surface area contributed by atoms with Crippen molar-refractivity contribution < 1.29 is 9.90 Å². The van der Waals surface area contributed by atoms with Crippen molar-refractivity contribution in [1.82, 2.24) is 5.32 Å². The van der Waals surface area contributed by atoms with Gasteiger partial charge in [0.05, 0.1) is 6.10 Å². The number of fused-ring (bicyclic) bond motifs is 2. The third-order valence-electron chi connectivity index (χ3n) is 3.67. The van der Waals surface area contributed by atoms with Crippen LogP contribution in [0, 0.1) is 17.8 Å². The van der Waals surface area contributed by atoms with E-state index in [1.54, 1.807) is 7.05 Å². The summed E-state index contributed by atoms with van der Waals surface area (Å²) in [6.07, 6.45) is 3.87. The van der Waals surface area contributed by atoms with Crippen LogP contribution in [0.2, 0.25) is 0 Å². The highest BCUT2D eigenvalue weighted by atomic mass is 16.3. The standard InChI is InChI=1S/C10H17NO2/c1-11-10(13)8-4-6-2-3-7(5-8)9(6)12/h6-9,12H,2-5H2,1H3,(H,11,13)/t6-,7+,8?,9?. The average Bonchev–Trinajstić information content (AvgIpc) is 2.42. The molecule has 2 fully saturated rings. The van der Waals surface area contributed by atoms with Gasteiger partial charge >= 0.3 is 0 Å². The Kier molecular flexibility index (Phi) is 2.28. The molecule has 2 aliphatic rings. The van der Waals surface area contributed by atoms with E-state index in [9.17, 15) is 9.90 Å². The van der Waals surface area contributed by atoms with Gasteiger partial charge in [0.2, 0.25) is 5.91 Å². The number of aliphatic hydroxyl groups is 1. The number of carbonyl (C=O) groups excluding carboxylic acids is 1. The summed E-state index contributed by atoms with van der Waals surface area (Å²) in [5.41, 5.74) is 0. The van der Waals surface area contributed by atoms with Crippen LogP contribution >= 0.6 is 0 Å². The zero-order chi connectivity index (χ0) is 9.42. The van der Waals surface area contributed by atoms with Crippen molar-refractivity contribution in [3.63, 3.8) is 0 Å². The van der Waals surface area contributed by atoms with Gasteiger partial charge in [-0.15, -0.1) is 0 Å². The van der Waals surface area contributed by atoms with E-state index in [0.29, 0.717) is 11.8 Å². The smallest absolute Gasteiger partial charge is 0.222 e. The number of aliphatic hydroxyl groups excluding tert-OH is 1. The van der Waals surface area contributed by atoms with E-state index in [2.05, 4.69) is 5.32 Å². The van der Waals surface area contributed by atoms with E-state index in [1.807, 2.05) is 0 Å². The number of amides is 1. The molecule has 13 heavy (non-hydrogen) atoms. The van der Waals surface area contributed by atoms with E-state index in [-0.39, 0.29) is 17.9 Å². The van der Waals surface area contributed by atoms with Gasteiger partial charge in [-0.2, -0.15) is 0 Å². The fraction of sp³-hybridized carbons (Fsp3) is 0.900. The summed E-state index contributed by atoms with van der Waals surface area (Å²) in [6, 6.07) is 0. The first-order valence-corrected chi connectivity index (χ1v) is 5.12. The van der Waals surface area contributed by atoms with Crippen LogP contribution in [0.3, 0.4) is 0 Å². The average molecular weight is 183 g/mol. The Morgan fingerprint density at radius 1 is 1.31 bits per heavy atom. The Morgan fingerprint density at radius 2 is 1.85 bits per heavy atom. The summed E-state index contributed by atoms with van der Waals surface area (Å²) in [5, 5.41) is 12.4. The molecule has 74 valence electrons. The normalized spacial score (nSPS) is 43.2. The second kappa shape index (κ2) is 3.29. The molecule has 2 saturated carbocycles. The van der Waals surface area contributed by atoms with Gasteiger partial charge in [0.1, 0.15) is 0 Å². The lowest BCUT2D eigenvalue weighted by molar-refractivity contribution is -0.127. The molecule has 2 aliphatic carbocycles. The lowest BCUT2D eigenvalue weighted by Gasteiger charge is -2.30. The number of rotatable bonds is 1. The van der Waals surface area contributed by atoms with Crippen molar-refractivity contribution in [3.05, 3.63) is 0 Å². The second-order valence-electron chi connectivity index (χ2n) is 4.37. The molecule has 0 aromatic rings. The highest BCUT2D eigenvalue weighted by Crippen LogP contribution is 2.44. The molecule has 0 spiro atoms. The molecule has 1 amide bonds. The van der Waals surface area contributed by atoms with E-state index >= 15 is 0 Å². The molecule has 0 aromatic heterocycles. The number of hydrogen-bond donors (Lipinski definition) is 2. The number of nitrogens with one attached hydrogen (secondary N) is 1. The highest BCUT2D eigenvalue weighted by molar-refractivity contribution is 5.78. The molecule has 2 N–H and O–H groups in total. The van der Waals surface area contributed by atoms with Gasteiger partial charge in [0.15, 0.2) is 0 Å². The Balaban J connectivity index is 2.02. The minimum absolute atomic E-state index is 0.124. The third kappa shape index (κ3) is 1.46. The molecule has 2 unspecified atom stereocenters. The lowest BCUT2D eigenvalue weighted by atomic mass is 9.78. The monoisotopic (exact) mass is 183 g/mol. The van der Waals surface area contributed by atoms with E-state index in [1.165, 1.54) is 0 Å². The maximum Gasteiger partial charge on any atom is 0.222 e. The van der Waals surface area contributed by atoms with Crippen LogP contribution < -0.4 is 5.32 Å². The van der Waals surface area contributed by atoms with E-state index in [4.69, 9.17) is 0 Å². The van der Waals surface area contributed by atoms with Crippen molar-refractivity contribution >= 4 is 5.91 Å². The van der Waals surface area contributed by atoms with Crippen molar-refractivity contribution in [2.45, 2.75) is 31.8 Å². The van der Waals surface area contributed by atoms with Gasteiger partial charge in [-0.05, 0) is 37.5 Å². The Bertz CT molecular complexity index is 203. The van der Waals surface area contributed by atoms with Gasteiger partial charge in [-0.1, -0.05) is 0 Å². The first-order chi connectivity index (χ1) is 6.22. The summed E-state index contributed by atoms with van der Waals surface area (Å²) >= 11 is 0. The van der Waals surface area contributed by atoms with Crippen LogP contribution in [0.1, 0.15) is 25.7 Å². The highest BCUT2D eigenvalue weighted by Gasteiger charge is 2.43. The maximum atomic E-state index is 11.4. The van der Waals surface area contributed by atoms with Crippen LogP contribution in [0.15, 0.2) is 0 Å². The quantitative estimate of drug-likeness (QED) is 0.623. The summed E-state index contributed by atoms with van der Waals surface area (Å²) in [4.78, 5) is 11.4. The molecule has 3 nitrogen and oxygen atoms in total. The predicted octanol–water partition coefficient (Wildman–Crippen LogP) is 0.529. The number of hydrogen-bond acceptors (Lipinski definition) is 2. The summed E-state index contributed by atoms with van der Waals surface area (Å²) < 4.78 is 0. The third-order valence-corrected chi connectivity index (χ3v) is 3.67. The van der Waals surface area contributed by atoms with Crippen molar-refractivity contribution in [2.75, 3.05) is 7.05 Å². The van der Waals surface area contributed by atoms with E-state index < -0.39 is 0 Å². The van der Waals surface area contributed by atoms with Crippen molar-refractivity contribution in [3.8, 4) is 0 Å². The van der Waals surface area contributed by atoms with Gasteiger partial charge in [0.25, 0.3) is 0 Å². The van der Waals surface area contributed by atoms with E-state index in [0.717, 1.165) is 25.7 Å². The molecule has 0 aliphatic heterocycles. The molecule has 0 aromatic carbocycles. The molecule has 4 atom stereocenters. The summed E-state index contributed by atoms with van der Waals surface area (Å²) in [7, 11) is 1.69. The predicted molar refractivity (Wildman–Crippen MR) is 49.0 cm³/mol. The Labute approximate surface area is 78.5 Å². The number of carbonyl (C=O) groups is 1. The molecule has 0 radical (unpaired) electrons. The first kappa shape index (κ1) is 9.00. The molecule has 0 heterocycles. The minimum atomic E-state index is -0.124. The molecular weight excluding hydrogens is 166 g/mol.